The number of halogens is 2. The van der Waals surface area contributed by atoms with Gasteiger partial charge in [0.25, 0.3) is 13.4 Å². The summed E-state index contributed by atoms with van der Waals surface area (Å²) in [4.78, 5) is 0. The maximum Gasteiger partial charge on any atom is 0.252 e. The van der Waals surface area contributed by atoms with E-state index in [-0.39, 0.29) is 13.4 Å². The van der Waals surface area contributed by atoms with Crippen LogP contribution in [0.2, 0.25) is 0 Å². The second-order valence-electron chi connectivity index (χ2n) is 19.2. The minimum atomic E-state index is -0.0597. The number of rotatable bonds is 4. The zero-order chi connectivity index (χ0) is 45.9. The molecule has 0 N–H and O–H groups in total. The van der Waals surface area contributed by atoms with E-state index < -0.39 is 0 Å². The van der Waals surface area contributed by atoms with E-state index in [1.165, 1.54) is 132 Å². The zero-order valence-electron chi connectivity index (χ0n) is 37.4. The largest absolute Gasteiger partial charge is 0.458 e. The second-order valence-corrected chi connectivity index (χ2v) is 21.0. The van der Waals surface area contributed by atoms with Gasteiger partial charge in [0, 0.05) is 8.95 Å². The summed E-state index contributed by atoms with van der Waals surface area (Å²) in [5.41, 5.74) is 21.9. The number of hydrogen-bond acceptors (Lipinski definition) is 2. The molecule has 12 aromatic carbocycles. The average Bonchev–Trinajstić information content (AvgIpc) is 3.40. The van der Waals surface area contributed by atoms with Gasteiger partial charge in [0.2, 0.25) is 0 Å². The van der Waals surface area contributed by atoms with Crippen LogP contribution >= 0.6 is 31.9 Å². The Balaban J connectivity index is 1.17. The van der Waals surface area contributed by atoms with Crippen molar-refractivity contribution in [2.45, 2.75) is 0 Å². The van der Waals surface area contributed by atoms with Crippen molar-refractivity contribution in [2.24, 2.45) is 0 Å². The molecule has 0 saturated heterocycles. The highest BCUT2D eigenvalue weighted by atomic mass is 79.9. The molecule has 2 nitrogen and oxygen atoms in total. The Bertz CT molecular complexity index is 4010. The van der Waals surface area contributed by atoms with Crippen LogP contribution < -0.4 is 42.3 Å². The van der Waals surface area contributed by atoms with Crippen LogP contribution in [0.15, 0.2) is 215 Å². The fourth-order valence-corrected chi connectivity index (χ4v) is 13.9. The van der Waals surface area contributed by atoms with Gasteiger partial charge in [-0.05, 0) is 169 Å². The van der Waals surface area contributed by atoms with Crippen LogP contribution in [-0.2, 0) is 0 Å². The van der Waals surface area contributed by atoms with E-state index in [1.807, 2.05) is 0 Å². The van der Waals surface area contributed by atoms with Gasteiger partial charge < -0.3 is 9.47 Å². The van der Waals surface area contributed by atoms with E-state index in [0.717, 1.165) is 31.9 Å². The number of hydrogen-bond donors (Lipinski definition) is 0. The molecule has 0 aromatic heterocycles. The van der Waals surface area contributed by atoms with Crippen molar-refractivity contribution in [3.8, 4) is 89.8 Å². The molecule has 0 aliphatic carbocycles. The lowest BCUT2D eigenvalue weighted by Gasteiger charge is -2.37. The molecule has 0 unspecified atom stereocenters. The smallest absolute Gasteiger partial charge is 0.252 e. The van der Waals surface area contributed by atoms with E-state index in [2.05, 4.69) is 238 Å². The first-order valence-corrected chi connectivity index (χ1v) is 25.5. The van der Waals surface area contributed by atoms with E-state index in [0.29, 0.717) is 0 Å². The normalized spacial score (nSPS) is 13.2. The number of benzene rings is 12. The van der Waals surface area contributed by atoms with Gasteiger partial charge in [-0.1, -0.05) is 201 Å². The highest BCUT2D eigenvalue weighted by Gasteiger charge is 2.44. The molecule has 0 saturated carbocycles. The summed E-state index contributed by atoms with van der Waals surface area (Å²) in [6.07, 6.45) is 0. The summed E-state index contributed by atoms with van der Waals surface area (Å²) in [5, 5.41) is 7.72. The average molecular weight is 1020 g/mol. The SMILES string of the molecule is Brc1cc2c3c(c1)-c1cc(-c4ccccc4-c4ccccc4)c4cc5c6c(cc(-c7ccccc7-c7ccccc7)c7cc(c1c4c76)B3c1ccccc1O2)-c1cc(Br)cc2c1B5c1ccccc1O2. The summed E-state index contributed by atoms with van der Waals surface area (Å²) >= 11 is 7.98. The van der Waals surface area contributed by atoms with Gasteiger partial charge in [0.1, 0.15) is 23.0 Å². The van der Waals surface area contributed by atoms with Crippen LogP contribution in [0.4, 0.5) is 0 Å². The highest BCUT2D eigenvalue weighted by Crippen LogP contribution is 2.53. The Hall–Kier alpha value is -7.63. The predicted octanol–water partition coefficient (Wildman–Crippen LogP) is 14.0. The van der Waals surface area contributed by atoms with Crippen molar-refractivity contribution in [1.82, 2.24) is 0 Å². The summed E-state index contributed by atoms with van der Waals surface area (Å²) in [6, 6.07) is 76.3. The minimum absolute atomic E-state index is 0.0597. The molecule has 0 amide bonds. The molecular formula is C64H34B2Br2O2. The van der Waals surface area contributed by atoms with Gasteiger partial charge >= 0.3 is 0 Å². The maximum absolute atomic E-state index is 6.92. The van der Waals surface area contributed by atoms with Crippen LogP contribution in [0.5, 0.6) is 23.0 Å². The van der Waals surface area contributed by atoms with Crippen LogP contribution in [-0.4, -0.2) is 13.4 Å². The third-order valence-electron chi connectivity index (χ3n) is 15.7. The van der Waals surface area contributed by atoms with Crippen LogP contribution in [0.25, 0.3) is 99.1 Å². The Morgan fingerprint density at radius 2 is 0.657 bits per heavy atom. The standard InChI is InChI=1S/C64H34B2Br2O2/c67-37-27-49-45-31-43(41-21-9-7-19-39(41)35-15-3-1-4-16-35)47-33-53-60-46(50-28-38(68)30-58-64(50)65(53)51-23-11-13-25-55(51)70-58)32-44(42-22-10-8-20-40(42)36-17-5-2-6-18-36)48-34-54(59(45)61(47)62(48)60)66-52-24-12-14-26-56(52)69-57(29-37)63(49)66/h1-34H. The molecule has 4 heterocycles. The zero-order valence-corrected chi connectivity index (χ0v) is 40.5. The maximum atomic E-state index is 6.92. The third kappa shape index (κ3) is 5.30. The number of fused-ring (bicyclic) bond motifs is 8. The molecule has 16 rings (SSSR count). The Kier molecular flexibility index (Phi) is 8.11. The van der Waals surface area contributed by atoms with Crippen LogP contribution in [0, 0.1) is 0 Å². The fourth-order valence-electron chi connectivity index (χ4n) is 13.0. The molecule has 322 valence electrons. The van der Waals surface area contributed by atoms with E-state index in [4.69, 9.17) is 9.47 Å². The molecule has 12 aromatic rings. The molecule has 0 bridgehead atoms. The summed E-state index contributed by atoms with van der Waals surface area (Å²) < 4.78 is 15.8. The molecule has 0 fully saturated rings. The van der Waals surface area contributed by atoms with Crippen LogP contribution in [0.3, 0.4) is 0 Å². The first-order valence-electron chi connectivity index (χ1n) is 23.9. The van der Waals surface area contributed by atoms with Gasteiger partial charge in [-0.15, -0.1) is 0 Å². The highest BCUT2D eigenvalue weighted by molar-refractivity contribution is 9.10. The molecule has 4 aliphatic rings. The monoisotopic (exact) mass is 1010 g/mol. The van der Waals surface area contributed by atoms with E-state index in [1.54, 1.807) is 0 Å². The summed E-state index contributed by atoms with van der Waals surface area (Å²) in [7, 11) is 0. The molecule has 0 spiro atoms. The molecule has 0 radical (unpaired) electrons. The second kappa shape index (κ2) is 14.5. The predicted molar refractivity (Wildman–Crippen MR) is 301 cm³/mol. The summed E-state index contributed by atoms with van der Waals surface area (Å²) in [5.74, 6) is 3.60. The van der Waals surface area contributed by atoms with Crippen molar-refractivity contribution in [3.05, 3.63) is 215 Å². The van der Waals surface area contributed by atoms with Gasteiger partial charge in [-0.2, -0.15) is 0 Å². The lowest BCUT2D eigenvalue weighted by molar-refractivity contribution is 0.487. The summed E-state index contributed by atoms with van der Waals surface area (Å²) in [6.45, 7) is -0.119. The van der Waals surface area contributed by atoms with Gasteiger partial charge in [-0.3, -0.25) is 0 Å². The number of para-hydroxylation sites is 2. The van der Waals surface area contributed by atoms with Crippen molar-refractivity contribution < 1.29 is 9.47 Å². The Labute approximate surface area is 421 Å². The van der Waals surface area contributed by atoms with Gasteiger partial charge in [-0.25, -0.2) is 0 Å². The third-order valence-corrected chi connectivity index (χ3v) is 16.6. The Morgan fingerprint density at radius 3 is 1.10 bits per heavy atom. The van der Waals surface area contributed by atoms with Crippen molar-refractivity contribution in [3.63, 3.8) is 0 Å². The molecule has 4 aliphatic heterocycles. The quantitative estimate of drug-likeness (QED) is 0.129. The molecule has 0 atom stereocenters. The first-order chi connectivity index (χ1) is 34.6. The topological polar surface area (TPSA) is 18.5 Å². The lowest BCUT2D eigenvalue weighted by atomic mass is 9.32. The molecule has 70 heavy (non-hydrogen) atoms. The Morgan fingerprint density at radius 1 is 0.271 bits per heavy atom. The van der Waals surface area contributed by atoms with Gasteiger partial charge in [0.05, 0.1) is 0 Å². The van der Waals surface area contributed by atoms with Gasteiger partial charge in [0.15, 0.2) is 0 Å². The first kappa shape index (κ1) is 39.2. The van der Waals surface area contributed by atoms with E-state index >= 15 is 0 Å². The van der Waals surface area contributed by atoms with E-state index in [9.17, 15) is 0 Å². The van der Waals surface area contributed by atoms with Crippen molar-refractivity contribution >= 4 is 110 Å². The number of ether oxygens (including phenoxy) is 2. The minimum Gasteiger partial charge on any atom is -0.458 e. The van der Waals surface area contributed by atoms with Crippen molar-refractivity contribution in [2.75, 3.05) is 0 Å². The fraction of sp³-hybridized carbons (Fsp3) is 0. The van der Waals surface area contributed by atoms with Crippen LogP contribution in [0.1, 0.15) is 0 Å². The lowest BCUT2D eigenvalue weighted by Crippen LogP contribution is -2.58. The molecule has 6 heteroatoms. The molecular weight excluding hydrogens is 982 g/mol. The van der Waals surface area contributed by atoms with Crippen molar-refractivity contribution in [1.29, 1.82) is 0 Å².